The van der Waals surface area contributed by atoms with Gasteiger partial charge in [-0.3, -0.25) is 0 Å². The summed E-state index contributed by atoms with van der Waals surface area (Å²) in [5.41, 5.74) is 1.30. The topological polar surface area (TPSA) is 9.23 Å². The zero-order chi connectivity index (χ0) is 9.68. The lowest BCUT2D eigenvalue weighted by molar-refractivity contribution is 0.315. The van der Waals surface area contributed by atoms with Gasteiger partial charge in [-0.15, -0.1) is 0 Å². The van der Waals surface area contributed by atoms with Crippen LogP contribution in [-0.2, 0) is 0 Å². The van der Waals surface area contributed by atoms with Gasteiger partial charge in [-0.05, 0) is 47.6 Å². The summed E-state index contributed by atoms with van der Waals surface area (Å²) in [4.78, 5) is 0. The van der Waals surface area contributed by atoms with Crippen molar-refractivity contribution in [1.82, 2.24) is 0 Å². The summed E-state index contributed by atoms with van der Waals surface area (Å²) in [7, 11) is 1.28. The fraction of sp³-hybridized carbons (Fsp3) is 0.400. The van der Waals surface area contributed by atoms with E-state index in [1.807, 2.05) is 12.1 Å². The molecule has 13 heavy (non-hydrogen) atoms. The highest BCUT2D eigenvalue weighted by Crippen LogP contribution is 2.23. The summed E-state index contributed by atoms with van der Waals surface area (Å²) >= 11 is 2.34. The first kappa shape index (κ1) is 11.0. The van der Waals surface area contributed by atoms with Crippen molar-refractivity contribution in [3.05, 3.63) is 27.3 Å². The second kappa shape index (κ2) is 5.65. The van der Waals surface area contributed by atoms with E-state index in [1.165, 1.54) is 31.8 Å². The van der Waals surface area contributed by atoms with Crippen LogP contribution in [-0.4, -0.2) is 16.8 Å². The Morgan fingerprint density at radius 3 is 2.92 bits per heavy atom. The Kier molecular flexibility index (Phi) is 4.80. The second-order valence-corrected chi connectivity index (χ2v) is 5.17. The second-order valence-electron chi connectivity index (χ2n) is 3.09. The summed E-state index contributed by atoms with van der Waals surface area (Å²) in [6.07, 6.45) is 1.19. The largest absolute Gasteiger partial charge is 0.492 e. The van der Waals surface area contributed by atoms with Crippen molar-refractivity contribution in [2.24, 2.45) is 0 Å². The molecule has 0 aliphatic carbocycles. The van der Waals surface area contributed by atoms with Gasteiger partial charge in [-0.2, -0.15) is 0 Å². The highest BCUT2D eigenvalue weighted by Gasteiger charge is 2.01. The van der Waals surface area contributed by atoms with E-state index in [-0.39, 0.29) is 0 Å². The van der Waals surface area contributed by atoms with Crippen LogP contribution in [0.15, 0.2) is 18.2 Å². The molecule has 0 amide bonds. The van der Waals surface area contributed by atoms with Gasteiger partial charge in [0.15, 0.2) is 0 Å². The summed E-state index contributed by atoms with van der Waals surface area (Å²) in [5, 5.41) is 0. The smallest absolute Gasteiger partial charge is 0.132 e. The predicted molar refractivity (Wildman–Crippen MR) is 68.8 cm³/mol. The van der Waals surface area contributed by atoms with Gasteiger partial charge in [0.2, 0.25) is 0 Å². The lowest BCUT2D eigenvalue weighted by atomic mass is 10.2. The lowest BCUT2D eigenvalue weighted by Crippen LogP contribution is -1.99. The summed E-state index contributed by atoms with van der Waals surface area (Å²) in [6.45, 7) is 2.98. The third-order valence-corrected chi connectivity index (χ3v) is 4.00. The number of rotatable bonds is 4. The first-order valence-corrected chi connectivity index (χ1v) is 7.13. The van der Waals surface area contributed by atoms with Gasteiger partial charge in [0.05, 0.1) is 10.2 Å². The molecule has 0 atom stereocenters. The molecule has 0 saturated carbocycles. The van der Waals surface area contributed by atoms with E-state index in [2.05, 4.69) is 35.6 Å². The maximum Gasteiger partial charge on any atom is 0.132 e. The van der Waals surface area contributed by atoms with E-state index in [4.69, 9.17) is 4.74 Å². The van der Waals surface area contributed by atoms with Crippen molar-refractivity contribution < 1.29 is 4.74 Å². The third-order valence-electron chi connectivity index (χ3n) is 1.91. The van der Waals surface area contributed by atoms with Crippen molar-refractivity contribution in [3.8, 4) is 5.75 Å². The van der Waals surface area contributed by atoms with Crippen molar-refractivity contribution in [2.75, 3.05) is 6.61 Å². The number of benzene rings is 1. The molecule has 0 N–H and O–H groups in total. The lowest BCUT2D eigenvalue weighted by Gasteiger charge is -2.08. The Balaban J connectivity index is 2.61. The van der Waals surface area contributed by atoms with E-state index >= 15 is 0 Å². The van der Waals surface area contributed by atoms with Crippen LogP contribution in [0.1, 0.15) is 12.0 Å². The van der Waals surface area contributed by atoms with Crippen LogP contribution >= 0.6 is 22.6 Å². The molecule has 1 rings (SSSR count). The molecule has 1 aromatic carbocycles. The number of hydrogen-bond acceptors (Lipinski definition) is 1. The van der Waals surface area contributed by atoms with Gasteiger partial charge in [-0.1, -0.05) is 18.2 Å². The Morgan fingerprint density at radius 1 is 1.46 bits per heavy atom. The van der Waals surface area contributed by atoms with Crippen molar-refractivity contribution in [3.63, 3.8) is 0 Å². The summed E-state index contributed by atoms with van der Waals surface area (Å²) in [6, 6.07) is 7.53. The molecule has 1 aromatic rings. The van der Waals surface area contributed by atoms with Crippen LogP contribution in [0.25, 0.3) is 0 Å². The highest BCUT2D eigenvalue weighted by molar-refractivity contribution is 14.1. The number of halogens is 1. The maximum atomic E-state index is 5.67. The molecule has 1 nitrogen and oxygen atoms in total. The van der Waals surface area contributed by atoms with Crippen molar-refractivity contribution in [1.29, 1.82) is 0 Å². The zero-order valence-corrected chi connectivity index (χ0v) is 12.3. The van der Waals surface area contributed by atoms with Crippen LogP contribution < -0.4 is 4.74 Å². The molecule has 0 radical (unpaired) electrons. The predicted octanol–water partition coefficient (Wildman–Crippen LogP) is 2.15. The number of aryl methyl sites for hydroxylation is 1. The monoisotopic (exact) mass is 306 g/mol. The van der Waals surface area contributed by atoms with E-state index in [9.17, 15) is 0 Å². The molecule has 0 fully saturated rings. The minimum absolute atomic E-state index is 0.864. The molecule has 3 heteroatoms. The normalized spacial score (nSPS) is 10.3. The molecule has 0 aromatic heterocycles. The minimum Gasteiger partial charge on any atom is -0.492 e. The van der Waals surface area contributed by atoms with Gasteiger partial charge < -0.3 is 4.74 Å². The van der Waals surface area contributed by atoms with Crippen LogP contribution in [0.5, 0.6) is 5.75 Å². The highest BCUT2D eigenvalue weighted by atomic mass is 127. The summed E-state index contributed by atoms with van der Waals surface area (Å²) in [5.74, 6) is 1.04. The molecule has 0 heterocycles. The molecule has 0 aliphatic heterocycles. The van der Waals surface area contributed by atoms with Crippen LogP contribution in [0.2, 0.25) is 6.04 Å². The van der Waals surface area contributed by atoms with E-state index in [0.717, 1.165) is 12.4 Å². The molecule has 0 bridgehead atoms. The Labute approximate surface area is 96.4 Å². The minimum atomic E-state index is 0.864. The first-order valence-electron chi connectivity index (χ1n) is 4.63. The Bertz CT molecular complexity index is 276. The van der Waals surface area contributed by atoms with Crippen molar-refractivity contribution >= 4 is 32.8 Å². The first-order chi connectivity index (χ1) is 6.25. The van der Waals surface area contributed by atoms with Gasteiger partial charge in [0.25, 0.3) is 0 Å². The van der Waals surface area contributed by atoms with Crippen LogP contribution in [0.3, 0.4) is 0 Å². The SMILES string of the molecule is Cc1cccc(OCCC[SiH3])c1I. The van der Waals surface area contributed by atoms with E-state index in [1.54, 1.807) is 0 Å². The van der Waals surface area contributed by atoms with Crippen molar-refractivity contribution in [2.45, 2.75) is 19.4 Å². The van der Waals surface area contributed by atoms with Gasteiger partial charge >= 0.3 is 0 Å². The molecule has 0 saturated heterocycles. The van der Waals surface area contributed by atoms with E-state index in [0.29, 0.717) is 0 Å². The molecule has 0 aliphatic rings. The third kappa shape index (κ3) is 3.30. The quantitative estimate of drug-likeness (QED) is 0.470. The fourth-order valence-corrected chi connectivity index (χ4v) is 1.86. The molecule has 0 unspecified atom stereocenters. The van der Waals surface area contributed by atoms with Crippen LogP contribution in [0, 0.1) is 10.5 Å². The average Bonchev–Trinajstić information content (AvgIpc) is 2.13. The van der Waals surface area contributed by atoms with Gasteiger partial charge in [-0.25, -0.2) is 0 Å². The molecular formula is C10H15IOSi. The molecule has 72 valence electrons. The molecular weight excluding hydrogens is 291 g/mol. The zero-order valence-electron chi connectivity index (χ0n) is 8.14. The van der Waals surface area contributed by atoms with E-state index < -0.39 is 0 Å². The average molecular weight is 306 g/mol. The number of ether oxygens (including phenoxy) is 1. The fourth-order valence-electron chi connectivity index (χ4n) is 1.06. The standard InChI is InChI=1S/C10H15IOSi/c1-8-4-2-5-9(10(8)11)12-6-3-7-13/h2,4-5H,3,6-7H2,1,13H3. The Morgan fingerprint density at radius 2 is 2.23 bits per heavy atom. The molecule has 0 spiro atoms. The Hall–Kier alpha value is -0.0331. The van der Waals surface area contributed by atoms with Gasteiger partial charge in [0.1, 0.15) is 5.75 Å². The number of hydrogen-bond donors (Lipinski definition) is 0. The summed E-state index contributed by atoms with van der Waals surface area (Å²) < 4.78 is 6.92. The van der Waals surface area contributed by atoms with Gasteiger partial charge in [0, 0.05) is 10.2 Å². The maximum absolute atomic E-state index is 5.67. The van der Waals surface area contributed by atoms with Crippen LogP contribution in [0.4, 0.5) is 0 Å².